The van der Waals surface area contributed by atoms with Crippen molar-refractivity contribution in [3.63, 3.8) is 0 Å². The lowest BCUT2D eigenvalue weighted by molar-refractivity contribution is -0.384. The largest absolute Gasteiger partial charge is 0.356 e. The summed E-state index contributed by atoms with van der Waals surface area (Å²) in [6.07, 6.45) is 4.21. The van der Waals surface area contributed by atoms with E-state index in [-0.39, 0.29) is 29.8 Å². The number of nitro groups is 1. The molecule has 1 heterocycles. The third-order valence-corrected chi connectivity index (χ3v) is 4.04. The number of aromatic nitrogens is 1. The fraction of sp³-hybridized carbons (Fsp3) is 0.353. The molecule has 3 rings (SSSR count). The SMILES string of the molecule is O=C(CCCNC(=O)C1CC1)Nc1nccc2cc([N+](=O)[O-])ccc12. The molecule has 130 valence electrons. The molecule has 1 fully saturated rings. The molecule has 1 aromatic heterocycles. The van der Waals surface area contributed by atoms with Crippen molar-refractivity contribution < 1.29 is 14.5 Å². The summed E-state index contributed by atoms with van der Waals surface area (Å²) >= 11 is 0. The minimum absolute atomic E-state index is 0.0117. The zero-order valence-electron chi connectivity index (χ0n) is 13.5. The minimum atomic E-state index is -0.464. The Hall–Kier alpha value is -3.03. The highest BCUT2D eigenvalue weighted by Gasteiger charge is 2.28. The molecule has 0 atom stereocenters. The first-order valence-corrected chi connectivity index (χ1v) is 8.15. The Bertz CT molecular complexity index is 833. The normalized spacial score (nSPS) is 13.4. The van der Waals surface area contributed by atoms with Crippen LogP contribution >= 0.6 is 0 Å². The van der Waals surface area contributed by atoms with Crippen LogP contribution in [0.25, 0.3) is 10.8 Å². The molecule has 0 radical (unpaired) electrons. The van der Waals surface area contributed by atoms with Crippen molar-refractivity contribution in [2.24, 2.45) is 5.92 Å². The molecule has 1 aromatic carbocycles. The number of amides is 2. The summed E-state index contributed by atoms with van der Waals surface area (Å²) < 4.78 is 0. The number of benzene rings is 1. The van der Waals surface area contributed by atoms with Gasteiger partial charge in [-0.2, -0.15) is 0 Å². The molecule has 2 N–H and O–H groups in total. The summed E-state index contributed by atoms with van der Waals surface area (Å²) in [5.41, 5.74) is -0.0117. The number of carbonyl (C=O) groups excluding carboxylic acids is 2. The fourth-order valence-corrected chi connectivity index (χ4v) is 2.52. The standard InChI is InChI=1S/C17H18N4O4/c22-15(2-1-8-19-17(23)11-3-4-11)20-16-14-6-5-13(21(24)25)10-12(14)7-9-18-16/h5-7,9-11H,1-4,8H2,(H,19,23)(H,18,20,22). The summed E-state index contributed by atoms with van der Waals surface area (Å²) in [6, 6.07) is 6.06. The van der Waals surface area contributed by atoms with Crippen molar-refractivity contribution in [2.45, 2.75) is 25.7 Å². The van der Waals surface area contributed by atoms with Gasteiger partial charge in [-0.25, -0.2) is 4.98 Å². The van der Waals surface area contributed by atoms with Gasteiger partial charge in [0.2, 0.25) is 11.8 Å². The monoisotopic (exact) mass is 342 g/mol. The molecule has 0 bridgehead atoms. The zero-order valence-corrected chi connectivity index (χ0v) is 13.5. The Kier molecular flexibility index (Phi) is 4.87. The lowest BCUT2D eigenvalue weighted by Gasteiger charge is -2.08. The van der Waals surface area contributed by atoms with Crippen molar-refractivity contribution >= 4 is 34.1 Å². The molecule has 8 nitrogen and oxygen atoms in total. The lowest BCUT2D eigenvalue weighted by Crippen LogP contribution is -2.26. The number of anilines is 1. The summed E-state index contributed by atoms with van der Waals surface area (Å²) in [6.45, 7) is 0.470. The van der Waals surface area contributed by atoms with Gasteiger partial charge in [0, 0.05) is 42.6 Å². The molecule has 2 amide bonds. The van der Waals surface area contributed by atoms with Gasteiger partial charge in [-0.05, 0) is 36.8 Å². The zero-order chi connectivity index (χ0) is 17.8. The van der Waals surface area contributed by atoms with Gasteiger partial charge in [-0.15, -0.1) is 0 Å². The van der Waals surface area contributed by atoms with Gasteiger partial charge < -0.3 is 10.6 Å². The Morgan fingerprint density at radius 1 is 1.28 bits per heavy atom. The van der Waals surface area contributed by atoms with Gasteiger partial charge in [0.15, 0.2) is 0 Å². The maximum atomic E-state index is 12.1. The van der Waals surface area contributed by atoms with E-state index in [1.54, 1.807) is 12.1 Å². The topological polar surface area (TPSA) is 114 Å². The van der Waals surface area contributed by atoms with E-state index < -0.39 is 4.92 Å². The molecule has 25 heavy (non-hydrogen) atoms. The van der Waals surface area contributed by atoms with Crippen LogP contribution < -0.4 is 10.6 Å². The molecule has 1 aliphatic rings. The first-order chi connectivity index (χ1) is 12.0. The van der Waals surface area contributed by atoms with E-state index in [0.717, 1.165) is 12.8 Å². The Morgan fingerprint density at radius 3 is 2.80 bits per heavy atom. The van der Waals surface area contributed by atoms with Gasteiger partial charge in [-0.3, -0.25) is 19.7 Å². The van der Waals surface area contributed by atoms with E-state index >= 15 is 0 Å². The number of pyridine rings is 1. The molecule has 8 heteroatoms. The van der Waals surface area contributed by atoms with Crippen LogP contribution in [0.5, 0.6) is 0 Å². The van der Waals surface area contributed by atoms with E-state index in [0.29, 0.717) is 29.6 Å². The molecule has 0 spiro atoms. The molecule has 1 saturated carbocycles. The average molecular weight is 342 g/mol. The van der Waals surface area contributed by atoms with Crippen LogP contribution in [-0.2, 0) is 9.59 Å². The van der Waals surface area contributed by atoms with Crippen LogP contribution in [0.3, 0.4) is 0 Å². The highest BCUT2D eigenvalue weighted by atomic mass is 16.6. The van der Waals surface area contributed by atoms with Gasteiger partial charge in [-0.1, -0.05) is 0 Å². The molecule has 1 aliphatic carbocycles. The summed E-state index contributed by atoms with van der Waals surface area (Å²) in [5, 5.41) is 17.7. The minimum Gasteiger partial charge on any atom is -0.356 e. The van der Waals surface area contributed by atoms with Crippen LogP contribution in [-0.4, -0.2) is 28.3 Å². The van der Waals surface area contributed by atoms with Crippen LogP contribution in [0.1, 0.15) is 25.7 Å². The molecule has 0 unspecified atom stereocenters. The van der Waals surface area contributed by atoms with Crippen LogP contribution in [0, 0.1) is 16.0 Å². The number of rotatable bonds is 7. The average Bonchev–Trinajstić information content (AvgIpc) is 3.43. The third-order valence-electron chi connectivity index (χ3n) is 4.04. The highest BCUT2D eigenvalue weighted by Crippen LogP contribution is 2.28. The van der Waals surface area contributed by atoms with E-state index in [1.165, 1.54) is 18.3 Å². The van der Waals surface area contributed by atoms with Gasteiger partial charge in [0.05, 0.1) is 4.92 Å². The van der Waals surface area contributed by atoms with Crippen LogP contribution in [0.4, 0.5) is 11.5 Å². The van der Waals surface area contributed by atoms with E-state index in [9.17, 15) is 19.7 Å². The van der Waals surface area contributed by atoms with Crippen molar-refractivity contribution in [3.05, 3.63) is 40.6 Å². The predicted molar refractivity (Wildman–Crippen MR) is 92.0 cm³/mol. The number of nitro benzene ring substituents is 1. The smallest absolute Gasteiger partial charge is 0.270 e. The molecular formula is C17H18N4O4. The number of hydrogen-bond acceptors (Lipinski definition) is 5. The second-order valence-electron chi connectivity index (χ2n) is 6.04. The fourth-order valence-electron chi connectivity index (χ4n) is 2.52. The quantitative estimate of drug-likeness (QED) is 0.455. The van der Waals surface area contributed by atoms with Gasteiger partial charge in [0.1, 0.15) is 5.82 Å². The first-order valence-electron chi connectivity index (χ1n) is 8.15. The van der Waals surface area contributed by atoms with Crippen molar-refractivity contribution in [1.82, 2.24) is 10.3 Å². The maximum absolute atomic E-state index is 12.1. The van der Waals surface area contributed by atoms with Gasteiger partial charge in [0.25, 0.3) is 5.69 Å². The van der Waals surface area contributed by atoms with E-state index in [2.05, 4.69) is 15.6 Å². The Balaban J connectivity index is 1.57. The van der Waals surface area contributed by atoms with E-state index in [4.69, 9.17) is 0 Å². The number of carbonyl (C=O) groups is 2. The summed E-state index contributed by atoms with van der Waals surface area (Å²) in [7, 11) is 0. The van der Waals surface area contributed by atoms with Crippen LogP contribution in [0.15, 0.2) is 30.5 Å². The highest BCUT2D eigenvalue weighted by molar-refractivity contribution is 6.00. The third kappa shape index (κ3) is 4.28. The molecule has 0 aliphatic heterocycles. The van der Waals surface area contributed by atoms with Gasteiger partial charge >= 0.3 is 0 Å². The van der Waals surface area contributed by atoms with Crippen molar-refractivity contribution in [3.8, 4) is 0 Å². The lowest BCUT2D eigenvalue weighted by atomic mass is 10.1. The number of nitrogens with one attached hydrogen (secondary N) is 2. The molecule has 0 saturated heterocycles. The summed E-state index contributed by atoms with van der Waals surface area (Å²) in [5.74, 6) is 0.397. The first kappa shape index (κ1) is 16.8. The number of fused-ring (bicyclic) bond motifs is 1. The van der Waals surface area contributed by atoms with Crippen LogP contribution in [0.2, 0.25) is 0 Å². The molecule has 2 aromatic rings. The predicted octanol–water partition coefficient (Wildman–Crippen LogP) is 2.39. The van der Waals surface area contributed by atoms with Crippen molar-refractivity contribution in [1.29, 1.82) is 0 Å². The second-order valence-corrected chi connectivity index (χ2v) is 6.04. The maximum Gasteiger partial charge on any atom is 0.270 e. The van der Waals surface area contributed by atoms with E-state index in [1.807, 2.05) is 0 Å². The Morgan fingerprint density at radius 2 is 2.08 bits per heavy atom. The second kappa shape index (κ2) is 7.25. The number of nitrogens with zero attached hydrogens (tertiary/aromatic N) is 2. The molecular weight excluding hydrogens is 324 g/mol. The number of non-ortho nitro benzene ring substituents is 1. The Labute approximate surface area is 143 Å². The number of hydrogen-bond donors (Lipinski definition) is 2. The summed E-state index contributed by atoms with van der Waals surface area (Å²) in [4.78, 5) is 38.1. The van der Waals surface area contributed by atoms with Crippen molar-refractivity contribution in [2.75, 3.05) is 11.9 Å².